The lowest BCUT2D eigenvalue weighted by molar-refractivity contribution is -0.143. The number of hydrogen-bond acceptors (Lipinski definition) is 2. The molecule has 3 aromatic rings. The number of hydrogen-bond donors (Lipinski definition) is 1. The number of anilines is 2. The zero-order valence-electron chi connectivity index (χ0n) is 20.0. The van der Waals surface area contributed by atoms with Crippen molar-refractivity contribution < 1.29 is 40.3 Å². The van der Waals surface area contributed by atoms with Crippen LogP contribution in [0.4, 0.5) is 42.1 Å². The Morgan fingerprint density at radius 3 is 1.95 bits per heavy atom. The van der Waals surface area contributed by atoms with Crippen molar-refractivity contribution in [3.05, 3.63) is 93.8 Å². The number of carbonyl (C=O) groups excluding carboxylic acids is 2. The van der Waals surface area contributed by atoms with Crippen LogP contribution in [0.5, 0.6) is 0 Å². The smallest absolute Gasteiger partial charge is 0.326 e. The Morgan fingerprint density at radius 1 is 0.875 bits per heavy atom. The Bertz CT molecular complexity index is 1440. The number of nitrogens with one attached hydrogen (secondary N) is 1. The molecule has 0 aromatic heterocycles. The molecule has 14 heteroatoms. The Labute approximate surface area is 237 Å². The van der Waals surface area contributed by atoms with Crippen LogP contribution < -0.4 is 10.2 Å². The van der Waals surface area contributed by atoms with E-state index >= 15 is 0 Å². The summed E-state index contributed by atoms with van der Waals surface area (Å²) in [5.41, 5.74) is -3.35. The highest BCUT2D eigenvalue weighted by Gasteiger charge is 2.68. The molecule has 1 fully saturated rings. The summed E-state index contributed by atoms with van der Waals surface area (Å²) < 4.78 is 91.0. The van der Waals surface area contributed by atoms with E-state index in [4.69, 9.17) is 34.8 Å². The van der Waals surface area contributed by atoms with Crippen LogP contribution in [0, 0.1) is 11.7 Å². The van der Waals surface area contributed by atoms with Gasteiger partial charge in [0.15, 0.2) is 0 Å². The van der Waals surface area contributed by atoms with Gasteiger partial charge in [-0.05, 0) is 66.2 Å². The van der Waals surface area contributed by atoms with Gasteiger partial charge in [-0.2, -0.15) is 26.3 Å². The number of rotatable bonds is 5. The summed E-state index contributed by atoms with van der Waals surface area (Å²) in [7, 11) is 1.41. The molecule has 40 heavy (non-hydrogen) atoms. The molecule has 0 spiro atoms. The Morgan fingerprint density at radius 2 is 1.43 bits per heavy atom. The van der Waals surface area contributed by atoms with E-state index in [0.717, 1.165) is 12.1 Å². The second kappa shape index (κ2) is 10.4. The molecule has 3 aromatic carbocycles. The fourth-order valence-electron chi connectivity index (χ4n) is 4.18. The van der Waals surface area contributed by atoms with Crippen LogP contribution in [0.1, 0.15) is 33.0 Å². The quantitative estimate of drug-likeness (QED) is 0.229. The van der Waals surface area contributed by atoms with Crippen LogP contribution in [0.3, 0.4) is 0 Å². The molecule has 4 nitrogen and oxygen atoms in total. The van der Waals surface area contributed by atoms with Gasteiger partial charge in [-0.25, -0.2) is 4.39 Å². The fraction of sp³-hybridized carbons (Fsp3) is 0.231. The molecule has 1 N–H and O–H groups in total. The van der Waals surface area contributed by atoms with Gasteiger partial charge in [0.05, 0.1) is 27.6 Å². The molecule has 1 saturated carbocycles. The van der Waals surface area contributed by atoms with Gasteiger partial charge in [-0.1, -0.05) is 11.6 Å². The summed E-state index contributed by atoms with van der Waals surface area (Å²) in [6, 6.07) is 9.75. The first kappa shape index (κ1) is 30.0. The molecular formula is C26H16Cl3F7N2O2. The van der Waals surface area contributed by atoms with E-state index in [1.807, 2.05) is 0 Å². The minimum Gasteiger partial charge on any atom is -0.326 e. The highest BCUT2D eigenvalue weighted by atomic mass is 35.5. The van der Waals surface area contributed by atoms with Crippen LogP contribution in [0.2, 0.25) is 5.02 Å². The fourth-order valence-corrected chi connectivity index (χ4v) is 5.20. The van der Waals surface area contributed by atoms with Crippen molar-refractivity contribution in [1.29, 1.82) is 0 Å². The number of alkyl halides is 8. The summed E-state index contributed by atoms with van der Waals surface area (Å²) in [6.45, 7) is 0. The van der Waals surface area contributed by atoms with Gasteiger partial charge >= 0.3 is 12.4 Å². The molecule has 1 aliphatic rings. The van der Waals surface area contributed by atoms with Crippen molar-refractivity contribution in [2.45, 2.75) is 22.6 Å². The van der Waals surface area contributed by atoms with Crippen LogP contribution >= 0.6 is 34.8 Å². The summed E-state index contributed by atoms with van der Waals surface area (Å²) in [5, 5.41) is 2.43. The van der Waals surface area contributed by atoms with Gasteiger partial charge in [-0.3, -0.25) is 9.59 Å². The summed E-state index contributed by atoms with van der Waals surface area (Å²) in [6.07, 6.45) is -10.2. The summed E-state index contributed by atoms with van der Waals surface area (Å²) >= 11 is 18.5. The molecule has 0 radical (unpaired) electrons. The maximum atomic E-state index is 13.3. The SMILES string of the molecule is CN(C(=O)c1cc(NC(=O)[C@@H]2[C@@H](c3cc(C(F)(F)F)cc(C(F)(F)F)c3)C2(Cl)Cl)ccc1Cl)c1ccc(F)cc1. The van der Waals surface area contributed by atoms with Crippen molar-refractivity contribution in [1.82, 2.24) is 0 Å². The molecule has 0 unspecified atom stereocenters. The second-order valence-corrected chi connectivity index (χ2v) is 10.8. The van der Waals surface area contributed by atoms with Crippen LogP contribution in [0.25, 0.3) is 0 Å². The highest BCUT2D eigenvalue weighted by molar-refractivity contribution is 6.53. The third kappa shape index (κ3) is 6.01. The average molecular weight is 628 g/mol. The van der Waals surface area contributed by atoms with Crippen molar-refractivity contribution in [2.75, 3.05) is 17.3 Å². The van der Waals surface area contributed by atoms with Gasteiger partial charge in [0.1, 0.15) is 10.2 Å². The summed E-state index contributed by atoms with van der Waals surface area (Å²) in [4.78, 5) is 27.2. The van der Waals surface area contributed by atoms with Gasteiger partial charge in [0.2, 0.25) is 5.91 Å². The topological polar surface area (TPSA) is 49.4 Å². The summed E-state index contributed by atoms with van der Waals surface area (Å²) in [5.74, 6) is -4.85. The molecule has 4 rings (SSSR count). The molecule has 0 bridgehead atoms. The molecule has 1 aliphatic carbocycles. The number of benzene rings is 3. The van der Waals surface area contributed by atoms with E-state index in [-0.39, 0.29) is 22.3 Å². The van der Waals surface area contributed by atoms with Crippen molar-refractivity contribution in [3.63, 3.8) is 0 Å². The van der Waals surface area contributed by atoms with Crippen LogP contribution in [-0.4, -0.2) is 23.2 Å². The monoisotopic (exact) mass is 626 g/mol. The molecule has 0 heterocycles. The van der Waals surface area contributed by atoms with E-state index < -0.39 is 62.8 Å². The average Bonchev–Trinajstić information content (AvgIpc) is 3.45. The number of halogens is 10. The van der Waals surface area contributed by atoms with Gasteiger partial charge in [0.25, 0.3) is 5.91 Å². The predicted octanol–water partition coefficient (Wildman–Crippen LogP) is 8.32. The van der Waals surface area contributed by atoms with Gasteiger partial charge in [-0.15, -0.1) is 23.2 Å². The Hall–Kier alpha value is -3.02. The standard InChI is InChI=1S/C26H16Cl3F7N2O2/c1-38(17-5-2-15(30)3-6-17)23(40)18-11-16(4-7-19(18)27)37-22(39)21-20(24(21,28)29)12-8-13(25(31,32)33)10-14(9-12)26(34,35)36/h2-11,20-21H,1H3,(H,37,39)/t20-,21+/m1/s1. The predicted molar refractivity (Wildman–Crippen MR) is 136 cm³/mol. The molecule has 2 atom stereocenters. The lowest BCUT2D eigenvalue weighted by atomic mass is 10.0. The first-order valence-corrected chi connectivity index (χ1v) is 12.4. The second-order valence-electron chi connectivity index (χ2n) is 8.99. The molecule has 212 valence electrons. The maximum Gasteiger partial charge on any atom is 0.416 e. The molecule has 2 amide bonds. The number of nitrogens with zero attached hydrogens (tertiary/aromatic N) is 1. The van der Waals surface area contributed by atoms with Crippen LogP contribution in [-0.2, 0) is 17.1 Å². The lowest BCUT2D eigenvalue weighted by Gasteiger charge is -2.18. The van der Waals surface area contributed by atoms with E-state index in [0.29, 0.717) is 17.8 Å². The first-order valence-electron chi connectivity index (χ1n) is 11.2. The van der Waals surface area contributed by atoms with E-state index in [9.17, 15) is 40.3 Å². The van der Waals surface area contributed by atoms with E-state index in [2.05, 4.69) is 5.32 Å². The third-order valence-corrected chi connectivity index (χ3v) is 7.56. The third-order valence-electron chi connectivity index (χ3n) is 6.29. The maximum absolute atomic E-state index is 13.3. The van der Waals surface area contributed by atoms with E-state index in [1.165, 1.54) is 42.3 Å². The highest BCUT2D eigenvalue weighted by Crippen LogP contribution is 2.65. The van der Waals surface area contributed by atoms with Crippen molar-refractivity contribution in [3.8, 4) is 0 Å². The zero-order valence-corrected chi connectivity index (χ0v) is 22.2. The lowest BCUT2D eigenvalue weighted by Crippen LogP contribution is -2.26. The van der Waals surface area contributed by atoms with Crippen molar-refractivity contribution >= 4 is 58.0 Å². The Kier molecular flexibility index (Phi) is 7.81. The normalized spacial score (nSPS) is 18.3. The number of amides is 2. The molecular weight excluding hydrogens is 612 g/mol. The minimum absolute atomic E-state index is 0.00828. The van der Waals surface area contributed by atoms with Gasteiger partial charge < -0.3 is 10.2 Å². The van der Waals surface area contributed by atoms with Crippen molar-refractivity contribution in [2.24, 2.45) is 5.92 Å². The van der Waals surface area contributed by atoms with E-state index in [1.54, 1.807) is 0 Å². The van der Waals surface area contributed by atoms with Gasteiger partial charge in [0, 0.05) is 24.3 Å². The minimum atomic E-state index is -5.10. The first-order chi connectivity index (χ1) is 18.4. The zero-order chi connectivity index (χ0) is 29.8. The molecule has 0 aliphatic heterocycles. The largest absolute Gasteiger partial charge is 0.416 e. The van der Waals surface area contributed by atoms with Crippen LogP contribution in [0.15, 0.2) is 60.7 Å². The Balaban J connectivity index is 1.59. The molecule has 0 saturated heterocycles. The number of carbonyl (C=O) groups is 2.